The Hall–Kier alpha value is -1.21. The Kier molecular flexibility index (Phi) is 5.25. The van der Waals surface area contributed by atoms with E-state index in [9.17, 15) is 18.7 Å². The molecule has 1 aromatic rings. The van der Waals surface area contributed by atoms with E-state index >= 15 is 0 Å². The number of ether oxygens (including phenoxy) is 1. The van der Waals surface area contributed by atoms with Crippen LogP contribution >= 0.6 is 11.3 Å². The quantitative estimate of drug-likeness (QED) is 0.847. The van der Waals surface area contributed by atoms with Crippen molar-refractivity contribution in [2.45, 2.75) is 33.0 Å². The summed E-state index contributed by atoms with van der Waals surface area (Å²) in [5.74, 6) is -0.735. The van der Waals surface area contributed by atoms with Gasteiger partial charge in [0.15, 0.2) is 0 Å². The third-order valence-corrected chi connectivity index (χ3v) is 3.80. The van der Waals surface area contributed by atoms with Crippen LogP contribution in [0, 0.1) is 5.92 Å². The first-order valence-corrected chi connectivity index (χ1v) is 6.65. The second-order valence-electron chi connectivity index (χ2n) is 4.69. The van der Waals surface area contributed by atoms with Gasteiger partial charge >= 0.3 is 6.61 Å². The van der Waals surface area contributed by atoms with Crippen molar-refractivity contribution in [2.75, 3.05) is 6.54 Å². The lowest BCUT2D eigenvalue weighted by Crippen LogP contribution is -2.44. The van der Waals surface area contributed by atoms with E-state index in [1.807, 2.05) is 13.8 Å². The molecule has 0 fully saturated rings. The number of halogens is 2. The largest absolute Gasteiger partial charge is 0.433 e. The van der Waals surface area contributed by atoms with Crippen LogP contribution in [0.4, 0.5) is 8.78 Å². The van der Waals surface area contributed by atoms with E-state index in [1.54, 1.807) is 6.92 Å². The molecule has 0 aliphatic heterocycles. The van der Waals surface area contributed by atoms with E-state index in [0.29, 0.717) is 0 Å². The summed E-state index contributed by atoms with van der Waals surface area (Å²) in [4.78, 5) is 11.9. The number of amides is 1. The van der Waals surface area contributed by atoms with Crippen molar-refractivity contribution in [3.63, 3.8) is 0 Å². The number of carbonyl (C=O) groups excluding carboxylic acids is 1. The van der Waals surface area contributed by atoms with Crippen molar-refractivity contribution < 1.29 is 23.4 Å². The number of nitrogens with one attached hydrogen (secondary N) is 1. The maximum absolute atomic E-state index is 12.1. The van der Waals surface area contributed by atoms with Gasteiger partial charge in [0.05, 0.1) is 5.60 Å². The predicted octanol–water partition coefficient (Wildman–Crippen LogP) is 2.49. The normalized spacial score (nSPS) is 14.5. The highest BCUT2D eigenvalue weighted by Crippen LogP contribution is 2.26. The Morgan fingerprint density at radius 3 is 2.74 bits per heavy atom. The second kappa shape index (κ2) is 6.29. The van der Waals surface area contributed by atoms with Crippen molar-refractivity contribution in [2.24, 2.45) is 5.92 Å². The smallest absolute Gasteiger partial charge is 0.387 e. The Labute approximate surface area is 114 Å². The van der Waals surface area contributed by atoms with Crippen LogP contribution < -0.4 is 10.1 Å². The van der Waals surface area contributed by atoms with Crippen molar-refractivity contribution >= 4 is 17.2 Å². The van der Waals surface area contributed by atoms with Crippen molar-refractivity contribution in [3.8, 4) is 5.75 Å². The van der Waals surface area contributed by atoms with Gasteiger partial charge in [-0.1, -0.05) is 13.8 Å². The molecule has 19 heavy (non-hydrogen) atoms. The zero-order valence-electron chi connectivity index (χ0n) is 10.9. The number of carbonyl (C=O) groups is 1. The summed E-state index contributed by atoms with van der Waals surface area (Å²) in [5.41, 5.74) is -1.06. The van der Waals surface area contributed by atoms with Crippen LogP contribution in [-0.2, 0) is 0 Å². The number of hydrogen-bond donors (Lipinski definition) is 2. The predicted molar refractivity (Wildman–Crippen MR) is 68.7 cm³/mol. The van der Waals surface area contributed by atoms with Gasteiger partial charge in [-0.25, -0.2) is 0 Å². The molecule has 0 unspecified atom stereocenters. The zero-order chi connectivity index (χ0) is 14.6. The molecule has 0 aliphatic carbocycles. The lowest BCUT2D eigenvalue weighted by atomic mass is 9.92. The number of aliphatic hydroxyl groups is 1. The first-order valence-electron chi connectivity index (χ1n) is 5.77. The summed E-state index contributed by atoms with van der Waals surface area (Å²) in [6, 6.07) is 1.31. The maximum Gasteiger partial charge on any atom is 0.387 e. The van der Waals surface area contributed by atoms with Crippen molar-refractivity contribution in [3.05, 3.63) is 16.3 Å². The van der Waals surface area contributed by atoms with Gasteiger partial charge in [0.2, 0.25) is 0 Å². The molecule has 0 bridgehead atoms. The molecule has 108 valence electrons. The Balaban J connectivity index is 2.67. The molecule has 4 nitrogen and oxygen atoms in total. The fourth-order valence-electron chi connectivity index (χ4n) is 1.20. The minimum atomic E-state index is -2.97. The Morgan fingerprint density at radius 2 is 2.21 bits per heavy atom. The number of thiophene rings is 1. The lowest BCUT2D eigenvalue weighted by Gasteiger charge is -2.27. The third-order valence-electron chi connectivity index (χ3n) is 2.90. The monoisotopic (exact) mass is 293 g/mol. The Morgan fingerprint density at radius 1 is 1.58 bits per heavy atom. The summed E-state index contributed by atoms with van der Waals surface area (Å²) in [6.07, 6.45) is 0. The van der Waals surface area contributed by atoms with Gasteiger partial charge in [0.1, 0.15) is 10.6 Å². The molecule has 0 spiro atoms. The van der Waals surface area contributed by atoms with Crippen LogP contribution in [-0.4, -0.2) is 29.8 Å². The fraction of sp³-hybridized carbons (Fsp3) is 0.583. The van der Waals surface area contributed by atoms with Gasteiger partial charge in [-0.05, 0) is 24.3 Å². The van der Waals surface area contributed by atoms with E-state index in [0.717, 1.165) is 11.3 Å². The second-order valence-corrected chi connectivity index (χ2v) is 5.60. The maximum atomic E-state index is 12.1. The minimum absolute atomic E-state index is 0.0372. The standard InChI is InChI=1S/C12H17F2NO3S/c1-7(2)12(3,17)6-15-10(16)9-8(4-5-19-9)18-11(13)14/h4-5,7,11,17H,6H2,1-3H3,(H,15,16)/t12-/m0/s1. The SMILES string of the molecule is CC(C)[C@@](C)(O)CNC(=O)c1sccc1OC(F)F. The van der Waals surface area contributed by atoms with Crippen LogP contribution in [0.2, 0.25) is 0 Å². The first kappa shape index (κ1) is 15.8. The Bertz CT molecular complexity index is 432. The van der Waals surface area contributed by atoms with Crippen LogP contribution in [0.1, 0.15) is 30.4 Å². The van der Waals surface area contributed by atoms with Gasteiger partial charge in [-0.15, -0.1) is 11.3 Å². The van der Waals surface area contributed by atoms with Crippen molar-refractivity contribution in [1.82, 2.24) is 5.32 Å². The molecule has 0 aliphatic rings. The van der Waals surface area contributed by atoms with E-state index in [4.69, 9.17) is 0 Å². The molecule has 2 N–H and O–H groups in total. The van der Waals surface area contributed by atoms with Gasteiger partial charge in [-0.2, -0.15) is 8.78 Å². The summed E-state index contributed by atoms with van der Waals surface area (Å²) < 4.78 is 28.5. The molecule has 1 rings (SSSR count). The minimum Gasteiger partial charge on any atom is -0.433 e. The van der Waals surface area contributed by atoms with Crippen LogP contribution in [0.15, 0.2) is 11.4 Å². The number of alkyl halides is 2. The van der Waals surface area contributed by atoms with E-state index in [1.165, 1.54) is 11.4 Å². The fourth-order valence-corrected chi connectivity index (χ4v) is 1.93. The van der Waals surface area contributed by atoms with Crippen LogP contribution in [0.5, 0.6) is 5.75 Å². The molecule has 1 amide bonds. The summed E-state index contributed by atoms with van der Waals surface area (Å²) in [6.45, 7) is 2.31. The highest BCUT2D eigenvalue weighted by Gasteiger charge is 2.26. The summed E-state index contributed by atoms with van der Waals surface area (Å²) in [7, 11) is 0. The zero-order valence-corrected chi connectivity index (χ0v) is 11.8. The average molecular weight is 293 g/mol. The summed E-state index contributed by atoms with van der Waals surface area (Å²) >= 11 is 1.01. The molecule has 1 atom stereocenters. The van der Waals surface area contributed by atoms with E-state index < -0.39 is 18.1 Å². The third kappa shape index (κ3) is 4.43. The molecule has 1 heterocycles. The topological polar surface area (TPSA) is 58.6 Å². The average Bonchev–Trinajstić information content (AvgIpc) is 2.73. The lowest BCUT2D eigenvalue weighted by molar-refractivity contribution is -0.0498. The van der Waals surface area contributed by atoms with E-state index in [-0.39, 0.29) is 23.1 Å². The van der Waals surface area contributed by atoms with Crippen LogP contribution in [0.3, 0.4) is 0 Å². The highest BCUT2D eigenvalue weighted by molar-refractivity contribution is 7.12. The molecule has 0 aromatic carbocycles. The molecule has 0 saturated heterocycles. The number of hydrogen-bond acceptors (Lipinski definition) is 4. The van der Waals surface area contributed by atoms with Gasteiger partial charge in [0, 0.05) is 6.54 Å². The first-order chi connectivity index (χ1) is 8.74. The van der Waals surface area contributed by atoms with Crippen LogP contribution in [0.25, 0.3) is 0 Å². The van der Waals surface area contributed by atoms with Crippen molar-refractivity contribution in [1.29, 1.82) is 0 Å². The van der Waals surface area contributed by atoms with Gasteiger partial charge in [0.25, 0.3) is 5.91 Å². The molecule has 7 heteroatoms. The molecule has 1 aromatic heterocycles. The molecule has 0 radical (unpaired) electrons. The molecule has 0 saturated carbocycles. The van der Waals surface area contributed by atoms with Gasteiger partial charge < -0.3 is 15.2 Å². The van der Waals surface area contributed by atoms with Gasteiger partial charge in [-0.3, -0.25) is 4.79 Å². The van der Waals surface area contributed by atoms with E-state index in [2.05, 4.69) is 10.1 Å². The molecular weight excluding hydrogens is 276 g/mol. The highest BCUT2D eigenvalue weighted by atomic mass is 32.1. The number of rotatable bonds is 6. The molecular formula is C12H17F2NO3S. The summed E-state index contributed by atoms with van der Waals surface area (Å²) in [5, 5.41) is 14.0.